The van der Waals surface area contributed by atoms with E-state index in [9.17, 15) is 0 Å². The Kier molecular flexibility index (Phi) is 5.91. The van der Waals surface area contributed by atoms with Crippen molar-refractivity contribution in [1.29, 1.82) is 0 Å². The smallest absolute Gasteiger partial charge is 0.0545 e. The Morgan fingerprint density at radius 2 is 0.727 bits per heavy atom. The minimum absolute atomic E-state index is 0.234. The number of benzene rings is 7. The molecule has 0 fully saturated rings. The van der Waals surface area contributed by atoms with Crippen LogP contribution in [0, 0.1) is 0 Å². The standard InChI is InChI=1S/C52H39N3/c1-51(2)39-30-43-37(28-45(39)54-41-26-16-14-24-35(41)47(49(51)54)32-18-8-5-9-19-32)38-29-46-40(31-44(38)53(43)34-22-12-7-13-23-34)52(3,4)50-48(33-20-10-6-11-21-33)36-25-15-17-27-42(36)55(46)50/h5-31H,1-4H3. The zero-order chi connectivity index (χ0) is 36.8. The van der Waals surface area contributed by atoms with Crippen LogP contribution in [0.1, 0.15) is 50.2 Å². The van der Waals surface area contributed by atoms with E-state index in [2.05, 4.69) is 205 Å². The van der Waals surface area contributed by atoms with Crippen molar-refractivity contribution >= 4 is 43.6 Å². The third kappa shape index (κ3) is 3.85. The van der Waals surface area contributed by atoms with Gasteiger partial charge >= 0.3 is 0 Å². The summed E-state index contributed by atoms with van der Waals surface area (Å²) in [5.41, 5.74) is 18.9. The molecule has 0 spiro atoms. The maximum absolute atomic E-state index is 2.57. The molecule has 55 heavy (non-hydrogen) atoms. The molecule has 2 aliphatic heterocycles. The molecule has 2 aliphatic rings. The minimum Gasteiger partial charge on any atom is -0.312 e. The number of hydrogen-bond donors (Lipinski definition) is 0. The summed E-state index contributed by atoms with van der Waals surface area (Å²) in [7, 11) is 0. The fraction of sp³-hybridized carbons (Fsp3) is 0.115. The monoisotopic (exact) mass is 705 g/mol. The summed E-state index contributed by atoms with van der Waals surface area (Å²) in [5, 5.41) is 5.15. The lowest BCUT2D eigenvalue weighted by atomic mass is 9.79. The van der Waals surface area contributed by atoms with Gasteiger partial charge in [-0.2, -0.15) is 0 Å². The van der Waals surface area contributed by atoms with Crippen molar-refractivity contribution < 1.29 is 0 Å². The fourth-order valence-electron chi connectivity index (χ4n) is 10.5. The molecule has 0 saturated heterocycles. The Morgan fingerprint density at radius 3 is 1.16 bits per heavy atom. The molecule has 0 radical (unpaired) electrons. The highest BCUT2D eigenvalue weighted by Crippen LogP contribution is 2.55. The minimum atomic E-state index is -0.234. The lowest BCUT2D eigenvalue weighted by molar-refractivity contribution is 0.646. The van der Waals surface area contributed by atoms with E-state index in [1.165, 1.54) is 105 Å². The van der Waals surface area contributed by atoms with Crippen LogP contribution in [-0.4, -0.2) is 13.7 Å². The van der Waals surface area contributed by atoms with Crippen LogP contribution in [0.4, 0.5) is 0 Å². The van der Waals surface area contributed by atoms with Crippen molar-refractivity contribution in [3.63, 3.8) is 0 Å². The first-order valence-electron chi connectivity index (χ1n) is 19.5. The van der Waals surface area contributed by atoms with Gasteiger partial charge in [-0.25, -0.2) is 0 Å². The van der Waals surface area contributed by atoms with Crippen LogP contribution >= 0.6 is 0 Å². The Hall–Kier alpha value is -6.58. The highest BCUT2D eigenvalue weighted by atomic mass is 15.1. The van der Waals surface area contributed by atoms with Gasteiger partial charge in [0.15, 0.2) is 0 Å². The van der Waals surface area contributed by atoms with Gasteiger partial charge in [0.2, 0.25) is 0 Å². The summed E-state index contributed by atoms with van der Waals surface area (Å²) >= 11 is 0. The molecule has 0 aliphatic carbocycles. The van der Waals surface area contributed by atoms with Crippen LogP contribution in [-0.2, 0) is 10.8 Å². The summed E-state index contributed by atoms with van der Waals surface area (Å²) in [6.45, 7) is 9.66. The van der Waals surface area contributed by atoms with Crippen LogP contribution in [0.25, 0.3) is 82.9 Å². The van der Waals surface area contributed by atoms with Gasteiger partial charge in [-0.15, -0.1) is 0 Å². The third-order valence-electron chi connectivity index (χ3n) is 12.9. The van der Waals surface area contributed by atoms with E-state index >= 15 is 0 Å². The van der Waals surface area contributed by atoms with E-state index in [4.69, 9.17) is 0 Å². The average molecular weight is 706 g/mol. The van der Waals surface area contributed by atoms with E-state index in [1.807, 2.05) is 0 Å². The molecular weight excluding hydrogens is 667 g/mol. The predicted molar refractivity (Wildman–Crippen MR) is 230 cm³/mol. The number of para-hydroxylation sites is 3. The largest absolute Gasteiger partial charge is 0.312 e. The molecule has 262 valence electrons. The molecule has 0 atom stereocenters. The van der Waals surface area contributed by atoms with Gasteiger partial charge in [0.05, 0.1) is 33.4 Å². The summed E-state index contributed by atoms with van der Waals surface area (Å²) in [6, 6.07) is 60.8. The molecule has 7 aromatic carbocycles. The van der Waals surface area contributed by atoms with Gasteiger partial charge < -0.3 is 13.7 Å². The van der Waals surface area contributed by atoms with E-state index in [0.717, 1.165) is 0 Å². The summed E-state index contributed by atoms with van der Waals surface area (Å²) in [6.07, 6.45) is 0. The number of aromatic nitrogens is 3. The SMILES string of the molecule is CC1(C)c2cc3c(cc2-n2c1c(-c1ccccc1)c1ccccc12)c1cc2c(cc1n3-c1ccccc1)C(C)(C)c1c(-c3ccccc3)c3ccccc3n1-2. The first-order valence-corrected chi connectivity index (χ1v) is 19.5. The Bertz CT molecular complexity index is 3030. The van der Waals surface area contributed by atoms with Crippen LogP contribution in [0.2, 0.25) is 0 Å². The second kappa shape index (κ2) is 10.5. The molecular formula is C52H39N3. The normalized spacial score (nSPS) is 14.8. The highest BCUT2D eigenvalue weighted by Gasteiger charge is 2.43. The number of rotatable bonds is 3. The highest BCUT2D eigenvalue weighted by molar-refractivity contribution is 6.13. The second-order valence-electron chi connectivity index (χ2n) is 16.6. The quantitative estimate of drug-likeness (QED) is 0.174. The van der Waals surface area contributed by atoms with Gasteiger partial charge in [-0.05, 0) is 70.8 Å². The zero-order valence-electron chi connectivity index (χ0n) is 31.4. The third-order valence-corrected chi connectivity index (χ3v) is 12.9. The number of nitrogens with zero attached hydrogens (tertiary/aromatic N) is 3. The molecule has 0 saturated carbocycles. The van der Waals surface area contributed by atoms with Crippen molar-refractivity contribution in [3.8, 4) is 39.3 Å². The number of fused-ring (bicyclic) bond motifs is 13. The Balaban J connectivity index is 1.21. The number of hydrogen-bond acceptors (Lipinski definition) is 0. The van der Waals surface area contributed by atoms with Crippen LogP contribution < -0.4 is 0 Å². The molecule has 12 rings (SSSR count). The molecule has 3 aromatic heterocycles. The Labute approximate surface area is 320 Å². The van der Waals surface area contributed by atoms with E-state index in [-0.39, 0.29) is 10.8 Å². The predicted octanol–water partition coefficient (Wildman–Crippen LogP) is 13.3. The summed E-state index contributed by atoms with van der Waals surface area (Å²) < 4.78 is 7.65. The first kappa shape index (κ1) is 30.8. The molecule has 5 heterocycles. The molecule has 0 amide bonds. The molecule has 0 unspecified atom stereocenters. The summed E-state index contributed by atoms with van der Waals surface area (Å²) in [5.74, 6) is 0. The van der Waals surface area contributed by atoms with E-state index < -0.39 is 0 Å². The van der Waals surface area contributed by atoms with Gasteiger partial charge in [0, 0.05) is 60.6 Å². The molecule has 3 heteroatoms. The molecule has 3 nitrogen and oxygen atoms in total. The lowest BCUT2D eigenvalue weighted by Crippen LogP contribution is -2.16. The maximum Gasteiger partial charge on any atom is 0.0545 e. The van der Waals surface area contributed by atoms with Crippen molar-refractivity contribution in [1.82, 2.24) is 13.7 Å². The maximum atomic E-state index is 2.57. The van der Waals surface area contributed by atoms with Gasteiger partial charge in [-0.1, -0.05) is 143 Å². The molecule has 0 N–H and O–H groups in total. The lowest BCUT2D eigenvalue weighted by Gasteiger charge is -2.22. The first-order chi connectivity index (χ1) is 26.8. The Morgan fingerprint density at radius 1 is 0.345 bits per heavy atom. The second-order valence-corrected chi connectivity index (χ2v) is 16.6. The van der Waals surface area contributed by atoms with Crippen LogP contribution in [0.15, 0.2) is 164 Å². The topological polar surface area (TPSA) is 14.8 Å². The molecule has 0 bridgehead atoms. The van der Waals surface area contributed by atoms with Crippen molar-refractivity contribution in [2.75, 3.05) is 0 Å². The summed E-state index contributed by atoms with van der Waals surface area (Å²) in [4.78, 5) is 0. The fourth-order valence-corrected chi connectivity index (χ4v) is 10.5. The van der Waals surface area contributed by atoms with Gasteiger partial charge in [-0.3, -0.25) is 0 Å². The average Bonchev–Trinajstić information content (AvgIpc) is 3.96. The van der Waals surface area contributed by atoms with Crippen LogP contribution in [0.3, 0.4) is 0 Å². The molecule has 10 aromatic rings. The van der Waals surface area contributed by atoms with Crippen molar-refractivity contribution in [2.24, 2.45) is 0 Å². The van der Waals surface area contributed by atoms with E-state index in [0.29, 0.717) is 0 Å². The van der Waals surface area contributed by atoms with Gasteiger partial charge in [0.1, 0.15) is 0 Å². The zero-order valence-corrected chi connectivity index (χ0v) is 31.4. The van der Waals surface area contributed by atoms with E-state index in [1.54, 1.807) is 0 Å². The van der Waals surface area contributed by atoms with Crippen molar-refractivity contribution in [3.05, 3.63) is 186 Å². The van der Waals surface area contributed by atoms with Crippen molar-refractivity contribution in [2.45, 2.75) is 38.5 Å². The van der Waals surface area contributed by atoms with Gasteiger partial charge in [0.25, 0.3) is 0 Å². The van der Waals surface area contributed by atoms with Crippen LogP contribution in [0.5, 0.6) is 0 Å².